The predicted octanol–water partition coefficient (Wildman–Crippen LogP) is 7.60. The Morgan fingerprint density at radius 2 is 1.37 bits per heavy atom. The van der Waals surface area contributed by atoms with Crippen LogP contribution in [-0.2, 0) is 43.4 Å². The lowest BCUT2D eigenvalue weighted by atomic mass is 9.87. The van der Waals surface area contributed by atoms with Crippen molar-refractivity contribution in [2.45, 2.75) is 64.4 Å². The lowest BCUT2D eigenvalue weighted by molar-refractivity contribution is -0.143. The molecule has 41 heavy (non-hydrogen) atoms. The molecule has 0 aliphatic heterocycles. The number of nitrogens with zero attached hydrogens (tertiary/aromatic N) is 5. The van der Waals surface area contributed by atoms with E-state index in [2.05, 4.69) is 15.4 Å². The van der Waals surface area contributed by atoms with Crippen LogP contribution in [-0.4, -0.2) is 27.3 Å². The Labute approximate surface area is 230 Å². The quantitative estimate of drug-likeness (QED) is 0.226. The highest BCUT2D eigenvalue weighted by atomic mass is 19.4. The highest BCUT2D eigenvalue weighted by Crippen LogP contribution is 2.39. The summed E-state index contributed by atoms with van der Waals surface area (Å²) in [6, 6.07) is 4.17. The van der Waals surface area contributed by atoms with Gasteiger partial charge in [0.25, 0.3) is 5.95 Å². The van der Waals surface area contributed by atoms with Crippen LogP contribution in [0.3, 0.4) is 0 Å². The summed E-state index contributed by atoms with van der Waals surface area (Å²) in [5.74, 6) is -0.297. The smallest absolute Gasteiger partial charge is 0.376 e. The summed E-state index contributed by atoms with van der Waals surface area (Å²) in [4.78, 5) is 2.17. The first-order chi connectivity index (χ1) is 19.0. The van der Waals surface area contributed by atoms with E-state index in [9.17, 15) is 39.5 Å². The average Bonchev–Trinajstić information content (AvgIpc) is 3.31. The van der Waals surface area contributed by atoms with Crippen LogP contribution in [0.2, 0.25) is 0 Å². The van der Waals surface area contributed by atoms with E-state index in [0.717, 1.165) is 16.9 Å². The van der Waals surface area contributed by atoms with Crippen LogP contribution in [0.5, 0.6) is 0 Å². The first-order valence-electron chi connectivity index (χ1n) is 12.5. The SMILES string of the molecule is CCC(CC)C(OC)c1ccc(C(F)(F)F)cc1CN(Cc1cc(C(F)(F)F)cc(C(F)(F)F)c1)c1nnn(C)n1. The highest BCUT2D eigenvalue weighted by Gasteiger charge is 2.37. The molecule has 0 bridgehead atoms. The molecular weight excluding hydrogens is 569 g/mol. The number of aryl methyl sites for hydroxylation is 1. The molecule has 1 atom stereocenters. The van der Waals surface area contributed by atoms with Crippen LogP contribution in [0.1, 0.15) is 66.2 Å². The van der Waals surface area contributed by atoms with E-state index in [1.807, 2.05) is 13.8 Å². The van der Waals surface area contributed by atoms with Gasteiger partial charge in [-0.25, -0.2) is 0 Å². The normalized spacial score (nSPS) is 13.6. The molecular formula is C26H28F9N5O. The van der Waals surface area contributed by atoms with E-state index in [-0.39, 0.29) is 23.5 Å². The minimum absolute atomic E-state index is 0.00184. The third kappa shape index (κ3) is 7.89. The number of halogens is 9. The fraction of sp³-hybridized carbons (Fsp3) is 0.500. The number of methoxy groups -OCH3 is 1. The van der Waals surface area contributed by atoms with Crippen molar-refractivity contribution >= 4 is 5.95 Å². The van der Waals surface area contributed by atoms with Crippen molar-refractivity contribution in [3.8, 4) is 0 Å². The summed E-state index contributed by atoms with van der Waals surface area (Å²) in [6.07, 6.45) is -14.3. The van der Waals surface area contributed by atoms with Crippen LogP contribution in [0.4, 0.5) is 45.5 Å². The van der Waals surface area contributed by atoms with Gasteiger partial charge in [0.05, 0.1) is 29.8 Å². The minimum atomic E-state index is -5.08. The van der Waals surface area contributed by atoms with Gasteiger partial charge in [0.2, 0.25) is 0 Å². The minimum Gasteiger partial charge on any atom is -0.376 e. The number of alkyl halides is 9. The summed E-state index contributed by atoms with van der Waals surface area (Å²) in [7, 11) is 2.79. The summed E-state index contributed by atoms with van der Waals surface area (Å²) < 4.78 is 128. The average molecular weight is 598 g/mol. The van der Waals surface area contributed by atoms with Crippen molar-refractivity contribution in [2.24, 2.45) is 13.0 Å². The van der Waals surface area contributed by atoms with Crippen molar-refractivity contribution in [3.63, 3.8) is 0 Å². The molecule has 0 aliphatic carbocycles. The lowest BCUT2D eigenvalue weighted by Gasteiger charge is -2.29. The zero-order chi connectivity index (χ0) is 30.8. The van der Waals surface area contributed by atoms with Gasteiger partial charge in [-0.05, 0) is 58.2 Å². The van der Waals surface area contributed by atoms with Gasteiger partial charge in [-0.3, -0.25) is 0 Å². The molecule has 2 aromatic carbocycles. The Hall–Kier alpha value is -3.36. The van der Waals surface area contributed by atoms with Crippen LogP contribution < -0.4 is 4.90 Å². The van der Waals surface area contributed by atoms with Gasteiger partial charge in [-0.1, -0.05) is 37.9 Å². The zero-order valence-electron chi connectivity index (χ0n) is 22.5. The van der Waals surface area contributed by atoms with Crippen molar-refractivity contribution in [1.82, 2.24) is 20.2 Å². The molecule has 0 spiro atoms. The van der Waals surface area contributed by atoms with Gasteiger partial charge in [0.15, 0.2) is 0 Å². The van der Waals surface area contributed by atoms with Crippen LogP contribution >= 0.6 is 0 Å². The monoisotopic (exact) mass is 597 g/mol. The zero-order valence-corrected chi connectivity index (χ0v) is 22.5. The molecule has 3 rings (SSSR count). The molecule has 6 nitrogen and oxygen atoms in total. The van der Waals surface area contributed by atoms with E-state index >= 15 is 0 Å². The van der Waals surface area contributed by atoms with Crippen LogP contribution in [0.15, 0.2) is 36.4 Å². The molecule has 0 saturated carbocycles. The Bertz CT molecular complexity index is 1280. The molecule has 0 fully saturated rings. The van der Waals surface area contributed by atoms with Crippen LogP contribution in [0, 0.1) is 5.92 Å². The number of benzene rings is 2. The number of ether oxygens (including phenoxy) is 1. The van der Waals surface area contributed by atoms with E-state index in [1.54, 1.807) is 0 Å². The molecule has 1 aromatic heterocycles. The Morgan fingerprint density at radius 3 is 1.80 bits per heavy atom. The molecule has 0 saturated heterocycles. The first kappa shape index (κ1) is 32.2. The number of rotatable bonds is 10. The molecule has 0 N–H and O–H groups in total. The van der Waals surface area contributed by atoms with E-state index < -0.39 is 60.0 Å². The second-order valence-electron chi connectivity index (χ2n) is 9.49. The second-order valence-corrected chi connectivity index (χ2v) is 9.49. The maximum absolute atomic E-state index is 13.7. The topological polar surface area (TPSA) is 56.1 Å². The predicted molar refractivity (Wildman–Crippen MR) is 130 cm³/mol. The number of anilines is 1. The fourth-order valence-electron chi connectivity index (χ4n) is 4.62. The van der Waals surface area contributed by atoms with Gasteiger partial charge >= 0.3 is 18.5 Å². The number of hydrogen-bond donors (Lipinski definition) is 0. The Balaban J connectivity index is 2.18. The largest absolute Gasteiger partial charge is 0.416 e. The van der Waals surface area contributed by atoms with E-state index in [4.69, 9.17) is 4.74 Å². The number of hydrogen-bond acceptors (Lipinski definition) is 5. The molecule has 0 amide bonds. The molecule has 1 heterocycles. The number of tetrazole rings is 1. The maximum Gasteiger partial charge on any atom is 0.416 e. The van der Waals surface area contributed by atoms with E-state index in [1.165, 1.54) is 25.1 Å². The standard InChI is InChI=1S/C26H28F9N5O/c1-5-16(6-2)22(41-4)21-8-7-18(24(27,28)29)11-17(21)14-40(23-36-38-39(3)37-23)13-15-9-19(25(30,31)32)12-20(10-15)26(33,34)35/h7-12,16,22H,5-6,13-14H2,1-4H3. The third-order valence-electron chi connectivity index (χ3n) is 6.67. The van der Waals surface area contributed by atoms with Crippen molar-refractivity contribution in [3.05, 3.63) is 69.8 Å². The lowest BCUT2D eigenvalue weighted by Crippen LogP contribution is -2.26. The molecule has 0 aliphatic rings. The summed E-state index contributed by atoms with van der Waals surface area (Å²) >= 11 is 0. The van der Waals surface area contributed by atoms with Gasteiger partial charge in [0, 0.05) is 20.2 Å². The van der Waals surface area contributed by atoms with Crippen molar-refractivity contribution in [1.29, 1.82) is 0 Å². The fourth-order valence-corrected chi connectivity index (χ4v) is 4.62. The van der Waals surface area contributed by atoms with Crippen molar-refractivity contribution < 1.29 is 44.3 Å². The van der Waals surface area contributed by atoms with Gasteiger partial charge < -0.3 is 9.64 Å². The highest BCUT2D eigenvalue weighted by molar-refractivity contribution is 5.42. The number of aromatic nitrogens is 4. The summed E-state index contributed by atoms with van der Waals surface area (Å²) in [6.45, 7) is 2.79. The van der Waals surface area contributed by atoms with Crippen LogP contribution in [0.25, 0.3) is 0 Å². The maximum atomic E-state index is 13.7. The third-order valence-corrected chi connectivity index (χ3v) is 6.67. The molecule has 1 unspecified atom stereocenters. The molecule has 15 heteroatoms. The Kier molecular flexibility index (Phi) is 9.61. The summed E-state index contributed by atoms with van der Waals surface area (Å²) in [5, 5.41) is 11.5. The van der Waals surface area contributed by atoms with Crippen molar-refractivity contribution in [2.75, 3.05) is 12.0 Å². The molecule has 3 aromatic rings. The van der Waals surface area contributed by atoms with Gasteiger partial charge in [-0.2, -0.15) is 44.3 Å². The van der Waals surface area contributed by atoms with E-state index in [0.29, 0.717) is 30.5 Å². The first-order valence-corrected chi connectivity index (χ1v) is 12.5. The van der Waals surface area contributed by atoms with Gasteiger partial charge in [-0.15, -0.1) is 5.10 Å². The second kappa shape index (κ2) is 12.2. The summed E-state index contributed by atoms with van der Waals surface area (Å²) in [5.41, 5.74) is -3.96. The van der Waals surface area contributed by atoms with Gasteiger partial charge in [0.1, 0.15) is 0 Å². The molecule has 226 valence electrons. The molecule has 0 radical (unpaired) electrons. The Morgan fingerprint density at radius 1 is 0.805 bits per heavy atom.